The van der Waals surface area contributed by atoms with Crippen molar-refractivity contribution >= 4 is 31.5 Å². The van der Waals surface area contributed by atoms with Gasteiger partial charge in [-0.05, 0) is 46.5 Å². The molecule has 0 saturated heterocycles. The third kappa shape index (κ3) is 4.03. The van der Waals surface area contributed by atoms with Gasteiger partial charge in [-0.3, -0.25) is 5.10 Å². The van der Waals surface area contributed by atoms with Crippen molar-refractivity contribution in [3.05, 3.63) is 89.3 Å². The minimum atomic E-state index is -3.88. The largest absolute Gasteiger partial charge is 0.494 e. The predicted molar refractivity (Wildman–Crippen MR) is 124 cm³/mol. The van der Waals surface area contributed by atoms with E-state index in [9.17, 15) is 8.42 Å². The van der Waals surface area contributed by atoms with Gasteiger partial charge in [0.25, 0.3) is 0 Å². The molecule has 1 unspecified atom stereocenters. The van der Waals surface area contributed by atoms with Gasteiger partial charge in [0.2, 0.25) is 9.84 Å². The zero-order chi connectivity index (χ0) is 22.6. The molecule has 0 fully saturated rings. The van der Waals surface area contributed by atoms with Gasteiger partial charge in [0, 0.05) is 16.8 Å². The molecule has 1 N–H and O–H groups in total. The zero-order valence-corrected chi connectivity index (χ0v) is 18.0. The first-order chi connectivity index (χ1) is 15.6. The molecule has 0 spiro atoms. The Hall–Kier alpha value is -3.81. The molecule has 0 bridgehead atoms. The Morgan fingerprint density at radius 2 is 1.97 bits per heavy atom. The molecule has 9 heteroatoms. The summed E-state index contributed by atoms with van der Waals surface area (Å²) in [5.74, 6) is 0.511. The molecule has 162 valence electrons. The van der Waals surface area contributed by atoms with Crippen molar-refractivity contribution in [1.29, 1.82) is 0 Å². The number of nitrogens with one attached hydrogen (secondary N) is 1. The van der Waals surface area contributed by atoms with Crippen LogP contribution in [0.3, 0.4) is 0 Å². The van der Waals surface area contributed by atoms with E-state index in [4.69, 9.17) is 10.3 Å². The van der Waals surface area contributed by atoms with Crippen molar-refractivity contribution in [2.75, 3.05) is 13.2 Å². The Labute approximate surface area is 185 Å². The molecule has 0 aliphatic rings. The number of ether oxygens (including phenoxy) is 1. The number of rotatable bonds is 9. The van der Waals surface area contributed by atoms with Crippen LogP contribution in [-0.4, -0.2) is 31.8 Å². The van der Waals surface area contributed by atoms with E-state index in [-0.39, 0.29) is 5.03 Å². The van der Waals surface area contributed by atoms with Crippen LogP contribution < -0.4 is 4.74 Å². The molecule has 0 saturated carbocycles. The maximum absolute atomic E-state index is 13.7. The minimum absolute atomic E-state index is 0.0184. The number of H-pyrrole nitrogens is 1. The van der Waals surface area contributed by atoms with Gasteiger partial charge in [-0.15, -0.1) is 6.58 Å². The molecule has 4 aromatic rings. The number of hydrogen-bond donors (Lipinski definition) is 1. The van der Waals surface area contributed by atoms with E-state index in [0.29, 0.717) is 41.8 Å². The van der Waals surface area contributed by atoms with Gasteiger partial charge in [0.1, 0.15) is 11.0 Å². The van der Waals surface area contributed by atoms with Gasteiger partial charge in [-0.25, -0.2) is 8.42 Å². The molecule has 8 nitrogen and oxygen atoms in total. The molecular formula is C23H21N5O3S. The second kappa shape index (κ2) is 9.13. The van der Waals surface area contributed by atoms with E-state index in [1.165, 1.54) is 6.08 Å². The van der Waals surface area contributed by atoms with Crippen LogP contribution >= 0.6 is 0 Å². The zero-order valence-electron chi connectivity index (χ0n) is 17.2. The number of aromatic nitrogens is 2. The smallest absolute Gasteiger partial charge is 0.206 e. The van der Waals surface area contributed by atoms with E-state index in [1.54, 1.807) is 18.2 Å². The summed E-state index contributed by atoms with van der Waals surface area (Å²) < 4.78 is 33.1. The van der Waals surface area contributed by atoms with E-state index >= 15 is 0 Å². The van der Waals surface area contributed by atoms with Crippen LogP contribution in [0.4, 0.5) is 0 Å². The van der Waals surface area contributed by atoms with Crippen LogP contribution in [0.15, 0.2) is 83.5 Å². The quantitative estimate of drug-likeness (QED) is 0.120. The molecular weight excluding hydrogens is 426 g/mol. The minimum Gasteiger partial charge on any atom is -0.494 e. The Bertz CT molecular complexity index is 1430. The van der Waals surface area contributed by atoms with E-state index in [1.807, 2.05) is 42.5 Å². The summed E-state index contributed by atoms with van der Waals surface area (Å²) in [6.45, 7) is 4.48. The summed E-state index contributed by atoms with van der Waals surface area (Å²) in [5.41, 5.74) is 9.51. The summed E-state index contributed by atoms with van der Waals surface area (Å²) in [6.07, 6.45) is 2.00. The number of nitrogens with zero attached hydrogens (tertiary/aromatic N) is 4. The van der Waals surface area contributed by atoms with Gasteiger partial charge >= 0.3 is 0 Å². The Morgan fingerprint density at radius 3 is 2.78 bits per heavy atom. The molecule has 4 rings (SSSR count). The highest BCUT2D eigenvalue weighted by molar-refractivity contribution is 7.92. The number of benzene rings is 3. The summed E-state index contributed by atoms with van der Waals surface area (Å²) in [6, 6.07) is 18.3. The second-order valence-corrected chi connectivity index (χ2v) is 9.16. The van der Waals surface area contributed by atoms with E-state index in [0.717, 1.165) is 10.8 Å². The van der Waals surface area contributed by atoms with Crippen molar-refractivity contribution in [3.8, 4) is 5.75 Å². The Kier molecular flexibility index (Phi) is 6.11. The van der Waals surface area contributed by atoms with Crippen molar-refractivity contribution in [2.45, 2.75) is 16.7 Å². The monoisotopic (exact) mass is 447 g/mol. The molecule has 0 aliphatic heterocycles. The third-order valence-electron chi connectivity index (χ3n) is 5.19. The Morgan fingerprint density at radius 1 is 1.16 bits per heavy atom. The lowest BCUT2D eigenvalue weighted by Crippen LogP contribution is -2.13. The molecule has 0 radical (unpaired) electrons. The molecule has 3 aromatic carbocycles. The third-order valence-corrected chi connectivity index (χ3v) is 7.18. The molecule has 1 atom stereocenters. The lowest BCUT2D eigenvalue weighted by molar-refractivity contribution is 0.314. The summed E-state index contributed by atoms with van der Waals surface area (Å²) >= 11 is 0. The van der Waals surface area contributed by atoms with Crippen LogP contribution in [0.25, 0.3) is 32.1 Å². The molecule has 1 aromatic heterocycles. The first-order valence-electron chi connectivity index (χ1n) is 10.0. The van der Waals surface area contributed by atoms with Gasteiger partial charge in [0.05, 0.1) is 12.1 Å². The van der Waals surface area contributed by atoms with E-state index in [2.05, 4.69) is 26.8 Å². The highest BCUT2D eigenvalue weighted by Crippen LogP contribution is 2.36. The van der Waals surface area contributed by atoms with Crippen LogP contribution in [0, 0.1) is 0 Å². The number of aromatic amines is 1. The summed E-state index contributed by atoms with van der Waals surface area (Å²) in [7, 11) is -3.88. The average molecular weight is 448 g/mol. The standard InChI is InChI=1S/C23H21N5O3S/c1-2-22(19-10-5-8-16-7-3-4-9-18(16)19)32(29,30)23-20-15-17(11-12-21(20)26-27-23)31-14-6-13-25-28-24/h2-5,7-12,15,22H,1,6,13-14H2,(H,26,27). The number of sulfone groups is 1. The lowest BCUT2D eigenvalue weighted by Gasteiger charge is -2.16. The first-order valence-corrected chi connectivity index (χ1v) is 11.6. The molecule has 1 heterocycles. The Balaban J connectivity index is 1.72. The maximum atomic E-state index is 13.7. The lowest BCUT2D eigenvalue weighted by atomic mass is 10.0. The van der Waals surface area contributed by atoms with Gasteiger partial charge in [0.15, 0.2) is 5.03 Å². The molecule has 0 aliphatic carbocycles. The highest BCUT2D eigenvalue weighted by Gasteiger charge is 2.31. The van der Waals surface area contributed by atoms with Gasteiger partial charge in [-0.2, -0.15) is 5.10 Å². The van der Waals surface area contributed by atoms with Crippen molar-refractivity contribution < 1.29 is 13.2 Å². The fourth-order valence-corrected chi connectivity index (χ4v) is 5.38. The molecule has 32 heavy (non-hydrogen) atoms. The van der Waals surface area contributed by atoms with Crippen LogP contribution in [0.5, 0.6) is 5.75 Å². The van der Waals surface area contributed by atoms with Crippen LogP contribution in [0.2, 0.25) is 0 Å². The van der Waals surface area contributed by atoms with Crippen molar-refractivity contribution in [3.63, 3.8) is 0 Å². The number of hydrogen-bond acceptors (Lipinski definition) is 5. The van der Waals surface area contributed by atoms with E-state index < -0.39 is 15.1 Å². The maximum Gasteiger partial charge on any atom is 0.206 e. The van der Waals surface area contributed by atoms with Crippen molar-refractivity contribution in [1.82, 2.24) is 10.2 Å². The topological polar surface area (TPSA) is 121 Å². The second-order valence-electron chi connectivity index (χ2n) is 7.16. The normalized spacial score (nSPS) is 12.4. The van der Waals surface area contributed by atoms with Crippen LogP contribution in [-0.2, 0) is 9.84 Å². The average Bonchev–Trinajstić information content (AvgIpc) is 3.24. The summed E-state index contributed by atoms with van der Waals surface area (Å²) in [4.78, 5) is 2.70. The summed E-state index contributed by atoms with van der Waals surface area (Å²) in [5, 5.41) is 11.7. The first kappa shape index (κ1) is 21.4. The predicted octanol–water partition coefficient (Wildman–Crippen LogP) is 5.50. The van der Waals surface area contributed by atoms with Gasteiger partial charge in [-0.1, -0.05) is 53.7 Å². The molecule has 0 amide bonds. The number of azide groups is 1. The fraction of sp³-hybridized carbons (Fsp3) is 0.174. The fourth-order valence-electron chi connectivity index (χ4n) is 3.69. The van der Waals surface area contributed by atoms with Gasteiger partial charge < -0.3 is 4.74 Å². The van der Waals surface area contributed by atoms with Crippen molar-refractivity contribution in [2.24, 2.45) is 5.11 Å². The SMILES string of the molecule is C=CC(c1cccc2ccccc12)S(=O)(=O)c1[nH]nc2ccc(OCCCN=[N+]=[N-])cc12. The number of fused-ring (bicyclic) bond motifs is 2. The van der Waals surface area contributed by atoms with Crippen LogP contribution in [0.1, 0.15) is 17.2 Å². The highest BCUT2D eigenvalue weighted by atomic mass is 32.2.